The highest BCUT2D eigenvalue weighted by molar-refractivity contribution is 7.26. The highest BCUT2D eigenvalue weighted by atomic mass is 32.1. The maximum absolute atomic E-state index is 6.85. The number of fused-ring (bicyclic) bond motifs is 9. The minimum atomic E-state index is -0.0911. The lowest BCUT2D eigenvalue weighted by Gasteiger charge is -2.22. The molecule has 3 heterocycles. The first-order valence-electron chi connectivity index (χ1n) is 20.1. The predicted octanol–water partition coefficient (Wildman–Crippen LogP) is 15.4. The highest BCUT2D eigenvalue weighted by Gasteiger charge is 2.35. The molecule has 1 aliphatic carbocycles. The fourth-order valence-electron chi connectivity index (χ4n) is 9.47. The summed E-state index contributed by atoms with van der Waals surface area (Å²) in [4.78, 5) is 9.61. The largest absolute Gasteiger partial charge is 0.451 e. The summed E-state index contributed by atoms with van der Waals surface area (Å²) in [5.74, 6) is 0. The number of hydrogen-bond donors (Lipinski definition) is 0. The van der Waals surface area contributed by atoms with E-state index < -0.39 is 0 Å². The van der Waals surface area contributed by atoms with Crippen molar-refractivity contribution in [2.24, 2.45) is 0 Å². The van der Waals surface area contributed by atoms with Gasteiger partial charge < -0.3 is 4.42 Å². The summed E-state index contributed by atoms with van der Waals surface area (Å²) < 4.78 is 9.49. The van der Waals surface area contributed by atoms with Gasteiger partial charge in [-0.3, -0.25) is 0 Å². The van der Waals surface area contributed by atoms with Crippen molar-refractivity contribution in [1.29, 1.82) is 0 Å². The molecule has 0 spiro atoms. The minimum Gasteiger partial charge on any atom is -0.451 e. The lowest BCUT2D eigenvalue weighted by molar-refractivity contribution is 0.660. The molecule has 1 aliphatic rings. The molecule has 0 fully saturated rings. The van der Waals surface area contributed by atoms with E-state index in [2.05, 4.69) is 190 Å². The topological polar surface area (TPSA) is 38.9 Å². The van der Waals surface area contributed by atoms with E-state index >= 15 is 0 Å². The Morgan fingerprint density at radius 1 is 0.424 bits per heavy atom. The van der Waals surface area contributed by atoms with Crippen LogP contribution in [0.2, 0.25) is 0 Å². The molecule has 0 unspecified atom stereocenters. The van der Waals surface area contributed by atoms with Crippen molar-refractivity contribution in [2.45, 2.75) is 19.3 Å². The Balaban J connectivity index is 0.909. The van der Waals surface area contributed by atoms with Gasteiger partial charge in [0.15, 0.2) is 5.58 Å². The van der Waals surface area contributed by atoms with Crippen molar-refractivity contribution in [1.82, 2.24) is 9.97 Å². The normalized spacial score (nSPS) is 13.1. The van der Waals surface area contributed by atoms with Crippen molar-refractivity contribution in [2.75, 3.05) is 0 Å². The van der Waals surface area contributed by atoms with Gasteiger partial charge in [-0.15, -0.1) is 11.3 Å². The number of thiophene rings is 1. The van der Waals surface area contributed by atoms with Crippen molar-refractivity contribution < 1.29 is 4.42 Å². The fourth-order valence-corrected chi connectivity index (χ4v) is 10.7. The third-order valence-corrected chi connectivity index (χ3v) is 13.6. The lowest BCUT2D eigenvalue weighted by atomic mass is 9.81. The lowest BCUT2D eigenvalue weighted by Crippen LogP contribution is -2.14. The minimum absolute atomic E-state index is 0.0911. The molecule has 12 rings (SSSR count). The van der Waals surface area contributed by atoms with E-state index in [1.165, 1.54) is 64.7 Å². The smallest absolute Gasteiger partial charge is 0.180 e. The second kappa shape index (κ2) is 12.9. The summed E-state index contributed by atoms with van der Waals surface area (Å²) >= 11 is 1.87. The van der Waals surface area contributed by atoms with E-state index in [0.717, 1.165) is 50.0 Å². The fraction of sp³-hybridized carbons (Fsp3) is 0.0545. The average Bonchev–Trinajstić information content (AvgIpc) is 3.94. The molecule has 278 valence electrons. The molecule has 3 nitrogen and oxygen atoms in total. The van der Waals surface area contributed by atoms with Gasteiger partial charge in [-0.1, -0.05) is 153 Å². The van der Waals surface area contributed by atoms with Crippen LogP contribution in [0.1, 0.15) is 25.0 Å². The maximum atomic E-state index is 6.85. The van der Waals surface area contributed by atoms with Crippen molar-refractivity contribution in [3.05, 3.63) is 193 Å². The maximum Gasteiger partial charge on any atom is 0.180 e. The molecule has 11 aromatic rings. The molecule has 0 atom stereocenters. The zero-order valence-corrected chi connectivity index (χ0v) is 33.3. The Labute approximate surface area is 345 Å². The van der Waals surface area contributed by atoms with Crippen LogP contribution in [0.4, 0.5) is 0 Å². The molecule has 3 aromatic heterocycles. The summed E-state index contributed by atoms with van der Waals surface area (Å²) in [5.41, 5.74) is 18.6. The van der Waals surface area contributed by atoms with Gasteiger partial charge in [0, 0.05) is 42.1 Å². The molecule has 0 N–H and O–H groups in total. The molecule has 59 heavy (non-hydrogen) atoms. The van der Waals surface area contributed by atoms with Crippen LogP contribution in [0.3, 0.4) is 0 Å². The third kappa shape index (κ3) is 5.26. The van der Waals surface area contributed by atoms with Gasteiger partial charge >= 0.3 is 0 Å². The Bertz CT molecular complexity index is 3500. The van der Waals surface area contributed by atoms with Crippen LogP contribution in [-0.4, -0.2) is 9.97 Å². The van der Waals surface area contributed by atoms with Crippen molar-refractivity contribution >= 4 is 53.6 Å². The number of nitrogens with zero attached hydrogens (tertiary/aromatic N) is 2. The standard InChI is InChI=1S/C55H36N2OS/c1-55(2)47-24-5-3-18-42(47)43-27-26-38(31-48(43)55)40-20-10-23-46-51-53(58-52(40)46)50(56-32-57-51)39-17-9-15-36(30-39)34-13-7-12-33(28-34)35-14-8-16-37(29-35)41-21-11-22-45-44-19-4-6-25-49(44)59-54(41)45/h3-32H,1-2H3. The molecule has 0 aliphatic heterocycles. The van der Waals surface area contributed by atoms with Crippen molar-refractivity contribution in [3.8, 4) is 66.9 Å². The summed E-state index contributed by atoms with van der Waals surface area (Å²) in [6, 6.07) is 63.7. The Morgan fingerprint density at radius 2 is 1.00 bits per heavy atom. The molecule has 8 aromatic carbocycles. The molecular weight excluding hydrogens is 737 g/mol. The van der Waals surface area contributed by atoms with Crippen molar-refractivity contribution in [3.63, 3.8) is 0 Å². The van der Waals surface area contributed by atoms with E-state index in [0.29, 0.717) is 5.58 Å². The van der Waals surface area contributed by atoms with Crippen LogP contribution in [0, 0.1) is 0 Å². The second-order valence-electron chi connectivity index (χ2n) is 16.1. The first kappa shape index (κ1) is 33.9. The first-order chi connectivity index (χ1) is 29.0. The molecule has 0 radical (unpaired) electrons. The van der Waals surface area contributed by atoms with Gasteiger partial charge in [-0.2, -0.15) is 0 Å². The van der Waals surface area contributed by atoms with E-state index in [4.69, 9.17) is 14.4 Å². The quantitative estimate of drug-likeness (QED) is 0.175. The SMILES string of the molecule is CC1(C)c2ccccc2-c2ccc(-c3cccc4c3oc3c(-c5cccc(-c6cccc(-c7cccc(-c8cccc9c8sc8ccccc89)c7)c6)c5)ncnc34)cc21. The van der Waals surface area contributed by atoms with Crippen LogP contribution < -0.4 is 0 Å². The molecule has 0 amide bonds. The van der Waals surface area contributed by atoms with Crippen LogP contribution in [-0.2, 0) is 5.41 Å². The highest BCUT2D eigenvalue weighted by Crippen LogP contribution is 2.50. The van der Waals surface area contributed by atoms with Gasteiger partial charge in [0.1, 0.15) is 23.1 Å². The Kier molecular flexibility index (Phi) is 7.44. The van der Waals surface area contributed by atoms with Gasteiger partial charge in [0.2, 0.25) is 0 Å². The summed E-state index contributed by atoms with van der Waals surface area (Å²) in [6.45, 7) is 4.64. The molecular formula is C55H36N2OS. The predicted molar refractivity (Wildman–Crippen MR) is 247 cm³/mol. The average molecular weight is 773 g/mol. The van der Waals surface area contributed by atoms with Gasteiger partial charge in [0.05, 0.1) is 0 Å². The Morgan fingerprint density at radius 3 is 1.81 bits per heavy atom. The third-order valence-electron chi connectivity index (χ3n) is 12.4. The number of furan rings is 1. The van der Waals surface area contributed by atoms with E-state index in [9.17, 15) is 0 Å². The van der Waals surface area contributed by atoms with Gasteiger partial charge in [0.25, 0.3) is 0 Å². The summed E-state index contributed by atoms with van der Waals surface area (Å²) in [7, 11) is 0. The molecule has 0 saturated carbocycles. The second-order valence-corrected chi connectivity index (χ2v) is 17.2. The van der Waals surface area contributed by atoms with Gasteiger partial charge in [-0.05, 0) is 97.6 Å². The zero-order chi connectivity index (χ0) is 39.2. The van der Waals surface area contributed by atoms with E-state index in [-0.39, 0.29) is 5.41 Å². The summed E-state index contributed by atoms with van der Waals surface area (Å²) in [5, 5.41) is 3.62. The van der Waals surface area contributed by atoms with Crippen LogP contribution in [0.25, 0.3) is 109 Å². The van der Waals surface area contributed by atoms with E-state index in [1.54, 1.807) is 6.33 Å². The number of rotatable bonds is 5. The zero-order valence-electron chi connectivity index (χ0n) is 32.5. The van der Waals surface area contributed by atoms with E-state index in [1.807, 2.05) is 11.3 Å². The Hall–Kier alpha value is -7.14. The number of benzene rings is 8. The summed E-state index contributed by atoms with van der Waals surface area (Å²) in [6.07, 6.45) is 1.66. The van der Waals surface area contributed by atoms with Crippen LogP contribution >= 0.6 is 11.3 Å². The van der Waals surface area contributed by atoms with Crippen LogP contribution in [0.15, 0.2) is 187 Å². The number of aromatic nitrogens is 2. The van der Waals surface area contributed by atoms with Gasteiger partial charge in [-0.25, -0.2) is 9.97 Å². The first-order valence-corrected chi connectivity index (χ1v) is 20.9. The monoisotopic (exact) mass is 772 g/mol. The van der Waals surface area contributed by atoms with Crippen LogP contribution in [0.5, 0.6) is 0 Å². The number of para-hydroxylation sites is 1. The number of hydrogen-bond acceptors (Lipinski definition) is 4. The molecule has 0 saturated heterocycles. The molecule has 0 bridgehead atoms. The molecule has 4 heteroatoms.